The van der Waals surface area contributed by atoms with E-state index in [0.717, 1.165) is 49.4 Å². The molecule has 4 rings (SSSR count). The molecule has 11 nitrogen and oxygen atoms in total. The molecule has 0 aliphatic carbocycles. The number of piperidine rings is 1. The molecule has 0 atom stereocenters. The van der Waals surface area contributed by atoms with E-state index in [1.165, 1.54) is 6.26 Å². The molecule has 12 heteroatoms. The van der Waals surface area contributed by atoms with Gasteiger partial charge in [-0.2, -0.15) is 5.10 Å². The van der Waals surface area contributed by atoms with Crippen LogP contribution in [0.1, 0.15) is 33.6 Å². The molecule has 0 bridgehead atoms. The normalized spacial score (nSPS) is 15.7. The van der Waals surface area contributed by atoms with Gasteiger partial charge in [-0.1, -0.05) is 0 Å². The molecule has 0 amide bonds. The first-order valence-electron chi connectivity index (χ1n) is 13.2. The standard InChI is InChI=1S/C27H39N7O4S/c1-27(2,3)26(35)38-33-13-11-20(12-14-33)18-32(16-15-31(4)5)24-23-17-30-34(25(23)29-19-28-24)21-7-9-22(10-8-21)39(6,36)37/h7-10,17,19-20H,11-16,18H2,1-6H3. The summed E-state index contributed by atoms with van der Waals surface area (Å²) in [6.45, 7) is 9.44. The minimum atomic E-state index is -3.29. The number of nitrogens with zero attached hydrogens (tertiary/aromatic N) is 7. The Morgan fingerprint density at radius 3 is 2.33 bits per heavy atom. The van der Waals surface area contributed by atoms with Gasteiger partial charge in [-0.05, 0) is 77.9 Å². The molecular formula is C27H39N7O4S. The van der Waals surface area contributed by atoms with Crippen molar-refractivity contribution in [3.63, 3.8) is 0 Å². The predicted octanol–water partition coefficient (Wildman–Crippen LogP) is 2.80. The number of rotatable bonds is 9. The number of hydroxylamine groups is 2. The molecule has 1 aliphatic heterocycles. The summed E-state index contributed by atoms with van der Waals surface area (Å²) in [5, 5.41) is 7.19. The summed E-state index contributed by atoms with van der Waals surface area (Å²) in [5.74, 6) is 1.03. The molecule has 39 heavy (non-hydrogen) atoms. The summed E-state index contributed by atoms with van der Waals surface area (Å²) in [4.78, 5) is 31.8. The Bertz CT molecular complexity index is 1390. The second-order valence-corrected chi connectivity index (χ2v) is 13.5. The number of hydrogen-bond acceptors (Lipinski definition) is 10. The topological polar surface area (TPSA) is 114 Å². The largest absolute Gasteiger partial charge is 0.367 e. The van der Waals surface area contributed by atoms with Crippen molar-refractivity contribution < 1.29 is 18.0 Å². The molecule has 2 aromatic heterocycles. The molecule has 212 valence electrons. The highest BCUT2D eigenvalue weighted by atomic mass is 32.2. The number of fused-ring (bicyclic) bond motifs is 1. The zero-order valence-electron chi connectivity index (χ0n) is 23.7. The average Bonchev–Trinajstić information content (AvgIpc) is 3.31. The van der Waals surface area contributed by atoms with Crippen molar-refractivity contribution in [1.82, 2.24) is 29.7 Å². The number of likely N-dealkylation sites (N-methyl/N-ethyl adjacent to an activating group) is 1. The van der Waals surface area contributed by atoms with Gasteiger partial charge in [0, 0.05) is 39.0 Å². The molecule has 1 saturated heterocycles. The van der Waals surface area contributed by atoms with Gasteiger partial charge in [0.25, 0.3) is 0 Å². The van der Waals surface area contributed by atoms with E-state index in [-0.39, 0.29) is 10.9 Å². The van der Waals surface area contributed by atoms with Gasteiger partial charge >= 0.3 is 5.97 Å². The van der Waals surface area contributed by atoms with Crippen molar-refractivity contribution in [3.05, 3.63) is 36.8 Å². The number of carbonyl (C=O) groups is 1. The minimum Gasteiger partial charge on any atom is -0.367 e. The van der Waals surface area contributed by atoms with Crippen LogP contribution in [-0.2, 0) is 19.5 Å². The van der Waals surface area contributed by atoms with Crippen molar-refractivity contribution in [2.45, 2.75) is 38.5 Å². The molecule has 1 aromatic carbocycles. The molecule has 1 fully saturated rings. The summed E-state index contributed by atoms with van der Waals surface area (Å²) < 4.78 is 25.4. The number of hydrogen-bond donors (Lipinski definition) is 0. The van der Waals surface area contributed by atoms with Gasteiger partial charge in [-0.15, -0.1) is 5.06 Å². The van der Waals surface area contributed by atoms with E-state index in [9.17, 15) is 13.2 Å². The Hall–Kier alpha value is -3.09. The zero-order valence-corrected chi connectivity index (χ0v) is 24.5. The number of anilines is 1. The lowest BCUT2D eigenvalue weighted by atomic mass is 9.96. The lowest BCUT2D eigenvalue weighted by Crippen LogP contribution is -2.42. The Morgan fingerprint density at radius 1 is 1.08 bits per heavy atom. The van der Waals surface area contributed by atoms with E-state index in [1.54, 1.807) is 46.5 Å². The van der Waals surface area contributed by atoms with Crippen LogP contribution in [0.3, 0.4) is 0 Å². The van der Waals surface area contributed by atoms with Crippen LogP contribution in [0.5, 0.6) is 0 Å². The molecule has 0 spiro atoms. The van der Waals surface area contributed by atoms with E-state index < -0.39 is 15.3 Å². The van der Waals surface area contributed by atoms with Crippen molar-refractivity contribution in [2.75, 3.05) is 58.0 Å². The fourth-order valence-corrected chi connectivity index (χ4v) is 5.09. The van der Waals surface area contributed by atoms with Gasteiger partial charge < -0.3 is 14.6 Å². The van der Waals surface area contributed by atoms with Crippen LogP contribution in [0.4, 0.5) is 5.82 Å². The second kappa shape index (κ2) is 11.6. The Labute approximate surface area is 230 Å². The molecule has 0 radical (unpaired) electrons. The van der Waals surface area contributed by atoms with Gasteiger partial charge in [-0.3, -0.25) is 0 Å². The van der Waals surface area contributed by atoms with E-state index in [1.807, 2.05) is 34.9 Å². The number of carbonyl (C=O) groups excluding carboxylic acids is 1. The van der Waals surface area contributed by atoms with Crippen LogP contribution >= 0.6 is 0 Å². The smallest absolute Gasteiger partial charge is 0.330 e. The highest BCUT2D eigenvalue weighted by Gasteiger charge is 2.29. The van der Waals surface area contributed by atoms with Gasteiger partial charge in [-0.25, -0.2) is 27.9 Å². The molecule has 1 aliphatic rings. The maximum absolute atomic E-state index is 12.3. The Morgan fingerprint density at radius 2 is 1.74 bits per heavy atom. The molecule has 3 heterocycles. The lowest BCUT2D eigenvalue weighted by molar-refractivity contribution is -0.205. The Kier molecular flexibility index (Phi) is 8.57. The summed E-state index contributed by atoms with van der Waals surface area (Å²) >= 11 is 0. The van der Waals surface area contributed by atoms with Crippen molar-refractivity contribution in [2.24, 2.45) is 11.3 Å². The van der Waals surface area contributed by atoms with Crippen LogP contribution in [0.15, 0.2) is 41.7 Å². The second-order valence-electron chi connectivity index (χ2n) is 11.5. The SMILES string of the molecule is CN(C)CCN(CC1CCN(OC(=O)C(C)(C)C)CC1)c1ncnc2c1cnn2-c1ccc(S(C)(=O)=O)cc1. The third-order valence-electron chi connectivity index (χ3n) is 6.85. The molecular weight excluding hydrogens is 518 g/mol. The first kappa shape index (κ1) is 28.9. The summed E-state index contributed by atoms with van der Waals surface area (Å²) in [6.07, 6.45) is 6.34. The molecule has 0 saturated carbocycles. The summed E-state index contributed by atoms with van der Waals surface area (Å²) in [5.41, 5.74) is 0.850. The maximum atomic E-state index is 12.3. The van der Waals surface area contributed by atoms with Crippen LogP contribution in [0.2, 0.25) is 0 Å². The van der Waals surface area contributed by atoms with Crippen LogP contribution < -0.4 is 4.90 Å². The quantitative estimate of drug-likeness (QED) is 0.389. The maximum Gasteiger partial charge on any atom is 0.330 e. The first-order chi connectivity index (χ1) is 18.3. The number of sulfone groups is 1. The molecule has 3 aromatic rings. The third-order valence-corrected chi connectivity index (χ3v) is 7.98. The zero-order chi connectivity index (χ0) is 28.4. The minimum absolute atomic E-state index is 0.208. The fourth-order valence-electron chi connectivity index (χ4n) is 4.46. The molecule has 0 unspecified atom stereocenters. The first-order valence-corrected chi connectivity index (χ1v) is 15.1. The summed E-state index contributed by atoms with van der Waals surface area (Å²) in [7, 11) is 0.813. The third kappa shape index (κ3) is 7.11. The fraction of sp³-hybridized carbons (Fsp3) is 0.556. The van der Waals surface area contributed by atoms with Gasteiger partial charge in [0.15, 0.2) is 15.5 Å². The average molecular weight is 558 g/mol. The van der Waals surface area contributed by atoms with E-state index in [0.29, 0.717) is 24.7 Å². The predicted molar refractivity (Wildman–Crippen MR) is 150 cm³/mol. The van der Waals surface area contributed by atoms with Crippen LogP contribution in [0, 0.1) is 11.3 Å². The molecule has 0 N–H and O–H groups in total. The van der Waals surface area contributed by atoms with Crippen molar-refractivity contribution in [1.29, 1.82) is 0 Å². The van der Waals surface area contributed by atoms with E-state index in [2.05, 4.69) is 24.9 Å². The van der Waals surface area contributed by atoms with Crippen molar-refractivity contribution >= 4 is 32.7 Å². The van der Waals surface area contributed by atoms with E-state index in [4.69, 9.17) is 4.84 Å². The van der Waals surface area contributed by atoms with Gasteiger partial charge in [0.05, 0.1) is 27.6 Å². The lowest BCUT2D eigenvalue weighted by Gasteiger charge is -2.35. The monoisotopic (exact) mass is 557 g/mol. The van der Waals surface area contributed by atoms with E-state index >= 15 is 0 Å². The highest BCUT2D eigenvalue weighted by Crippen LogP contribution is 2.28. The summed E-state index contributed by atoms with van der Waals surface area (Å²) in [6, 6.07) is 6.62. The Balaban J connectivity index is 1.54. The number of aromatic nitrogens is 4. The van der Waals surface area contributed by atoms with Crippen LogP contribution in [-0.4, -0.2) is 97.2 Å². The number of benzene rings is 1. The van der Waals surface area contributed by atoms with Crippen molar-refractivity contribution in [3.8, 4) is 5.69 Å². The van der Waals surface area contributed by atoms with Crippen LogP contribution in [0.25, 0.3) is 16.7 Å². The van der Waals surface area contributed by atoms with Gasteiger partial charge in [0.2, 0.25) is 0 Å². The highest BCUT2D eigenvalue weighted by molar-refractivity contribution is 7.90. The van der Waals surface area contributed by atoms with Gasteiger partial charge in [0.1, 0.15) is 12.1 Å².